The second kappa shape index (κ2) is 47.0. The molecule has 0 spiro atoms. The quantitative estimate of drug-likeness (QED) is 0.0128. The number of carboxylic acid groups (broad SMARTS) is 1. The molecule has 0 aliphatic heterocycles. The van der Waals surface area contributed by atoms with Crippen LogP contribution in [0, 0.1) is 74.1 Å². The highest BCUT2D eigenvalue weighted by atomic mass is 19.4. The zero-order valence-electron chi connectivity index (χ0n) is 60.0. The summed E-state index contributed by atoms with van der Waals surface area (Å²) in [7, 11) is 0. The van der Waals surface area contributed by atoms with Gasteiger partial charge in [-0.05, 0) is 91.4 Å². The number of alkyl halides is 12. The number of rotatable bonds is 40. The van der Waals surface area contributed by atoms with Crippen LogP contribution >= 0.6 is 0 Å². The van der Waals surface area contributed by atoms with Gasteiger partial charge in [-0.25, -0.2) is 30.5 Å². The lowest BCUT2D eigenvalue weighted by molar-refractivity contribution is -0.191. The van der Waals surface area contributed by atoms with Crippen molar-refractivity contribution in [1.29, 1.82) is 10.5 Å². The summed E-state index contributed by atoms with van der Waals surface area (Å²) in [5.41, 5.74) is -7.68. The van der Waals surface area contributed by atoms with Crippen molar-refractivity contribution >= 4 is 65.7 Å². The monoisotopic (exact) mass is 1530 g/mol. The molecule has 0 aromatic heterocycles. The molecule has 0 rings (SSSR count). The highest BCUT2D eigenvalue weighted by Gasteiger charge is 2.50. The average Bonchev–Trinajstić information content (AvgIpc) is 0.819. The van der Waals surface area contributed by atoms with Crippen molar-refractivity contribution in [3.05, 3.63) is 23.6 Å². The Morgan fingerprint density at radius 2 is 0.712 bits per heavy atom. The third-order valence-electron chi connectivity index (χ3n) is 15.3. The van der Waals surface area contributed by atoms with E-state index in [0.717, 1.165) is 0 Å². The van der Waals surface area contributed by atoms with Crippen molar-refractivity contribution in [3.8, 4) is 12.1 Å². The Kier molecular flexibility index (Phi) is 46.0. The highest BCUT2D eigenvalue weighted by Crippen LogP contribution is 2.45. The van der Waals surface area contributed by atoms with Crippen LogP contribution in [0.3, 0.4) is 0 Å². The lowest BCUT2D eigenvalue weighted by atomic mass is 9.66. The highest BCUT2D eigenvalue weighted by molar-refractivity contribution is 5.88. The van der Waals surface area contributed by atoms with Crippen molar-refractivity contribution in [3.63, 3.8) is 0 Å². The van der Waals surface area contributed by atoms with Crippen molar-refractivity contribution in [2.45, 2.75) is 191 Å². The number of hydrogen-bond donors (Lipinski definition) is 3. The van der Waals surface area contributed by atoms with E-state index < -0.39 is 188 Å². The van der Waals surface area contributed by atoms with Crippen LogP contribution in [0.5, 0.6) is 0 Å². The lowest BCUT2D eigenvalue weighted by Crippen LogP contribution is -2.42. The van der Waals surface area contributed by atoms with Gasteiger partial charge in [0.15, 0.2) is 52.9 Å². The minimum atomic E-state index is -4.76. The molecule has 0 radical (unpaired) electrons. The van der Waals surface area contributed by atoms with Gasteiger partial charge in [-0.15, -0.1) is 0 Å². The van der Waals surface area contributed by atoms with Gasteiger partial charge in [0.2, 0.25) is 5.54 Å². The van der Waals surface area contributed by atoms with Gasteiger partial charge in [-0.3, -0.25) is 28.8 Å². The third-order valence-corrected chi connectivity index (χ3v) is 15.3. The number of aliphatic hydroxyl groups excluding tert-OH is 2. The number of carbonyl (C=O) groups excluding carboxylic acids is 10. The van der Waals surface area contributed by atoms with Crippen LogP contribution in [0.15, 0.2) is 12.2 Å². The molecule has 0 aliphatic carbocycles. The lowest BCUT2D eigenvalue weighted by Gasteiger charge is -2.36. The number of nitrogens with zero attached hydrogens (tertiary/aromatic N) is 3. The van der Waals surface area contributed by atoms with E-state index in [4.69, 9.17) is 45.6 Å². The molecule has 0 saturated carbocycles. The predicted octanol–water partition coefficient (Wildman–Crippen LogP) is 10.3. The molecular weight excluding hydrogens is 1430 g/mol. The minimum Gasteiger partial charge on any atom is -0.481 e. The summed E-state index contributed by atoms with van der Waals surface area (Å²) in [6.07, 6.45) is -19.3. The molecule has 39 heteroatoms. The van der Waals surface area contributed by atoms with Crippen molar-refractivity contribution in [2.24, 2.45) is 44.8 Å². The summed E-state index contributed by atoms with van der Waals surface area (Å²) in [6, 6.07) is 4.09. The molecule has 0 aromatic rings. The van der Waals surface area contributed by atoms with E-state index in [1.54, 1.807) is 41.5 Å². The molecule has 6 atom stereocenters. The van der Waals surface area contributed by atoms with Crippen LogP contribution < -0.4 is 0 Å². The SMILES string of the molecule is C=C(C)C(=O)OCC(=O)OCC(F)(F)F.CC(C)C(C)(CC(C)(C#N)CCC(=O)O)C(=O)OCC(=O)OCC(F)(F)F.OCCCO.[C-]#[N+]C(C)(CCC(=O)OCCCOC(=O)CCC(C)(C#N)CC(C)(C(=O)OCC(=O)OCC(F)(F)F)C(C)C)CC(C)(C(=O)OCC(=O)OCC(F)(F)F)C(C)C. The number of aliphatic carboxylic acids is 1. The Morgan fingerprint density at radius 3 is 0.952 bits per heavy atom. The molecule has 6 unspecified atom stereocenters. The van der Waals surface area contributed by atoms with Crippen LogP contribution in [0.4, 0.5) is 52.7 Å². The number of esters is 10. The van der Waals surface area contributed by atoms with Gasteiger partial charge in [-0.1, -0.05) is 48.1 Å². The normalized spacial score (nSPS) is 14.8. The first-order chi connectivity index (χ1) is 47.2. The molecule has 27 nitrogen and oxygen atoms in total. The third kappa shape index (κ3) is 46.9. The number of carboxylic acids is 1. The number of halogens is 12. The second-order valence-corrected chi connectivity index (χ2v) is 25.9. The van der Waals surface area contributed by atoms with E-state index in [1.807, 2.05) is 6.07 Å². The molecule has 3 N–H and O–H groups in total. The molecule has 0 amide bonds. The smallest absolute Gasteiger partial charge is 0.422 e. The van der Waals surface area contributed by atoms with E-state index in [1.165, 1.54) is 48.5 Å². The van der Waals surface area contributed by atoms with Crippen LogP contribution in [0.1, 0.15) is 161 Å². The Morgan fingerprint density at radius 1 is 0.433 bits per heavy atom. The maximum atomic E-state index is 12.9. The van der Waals surface area contributed by atoms with Crippen molar-refractivity contribution < 1.29 is 168 Å². The van der Waals surface area contributed by atoms with E-state index in [-0.39, 0.29) is 102 Å². The Hall–Kier alpha value is -8.54. The first kappa shape index (κ1) is 102. The van der Waals surface area contributed by atoms with Crippen LogP contribution in [0.2, 0.25) is 0 Å². The number of nitriles is 2. The standard InChI is InChI=1S/C37H52F6N2O12.C17H24F3NO6.C8H9F3O4.C3H8O2/c1-24(2)34(7,30(50)54-17-28(48)56-22-36(38,39)40)19-32(5,21-44)13-11-26(46)52-15-10-16-53-27(47)12-14-33(6,45-9)20-35(8,25(3)4)31(51)55-18-29(49)57-23-37(41,42)43;1-11(2)16(4,8-15(3,9-21)6-5-12(22)23)14(25)26-7-13(24)27-10-17(18,19)20;1-5(2)7(13)14-3-6(12)15-4-8(9,10)11;4-2-1-3-5/h24-25H,10-20,22-23H2,1-8H3;11H,5-8,10H2,1-4H3,(H,22,23);1,3-4H2,2H3;4-5H,1-3H2. The fraction of sp³-hybridized carbons (Fsp3) is 0.754. The Labute approximate surface area is 593 Å². The van der Waals surface area contributed by atoms with Crippen LogP contribution in [-0.4, -0.2) is 191 Å². The molecular formula is C65H93F12N3O24. The first-order valence-electron chi connectivity index (χ1n) is 31.4. The summed E-state index contributed by atoms with van der Waals surface area (Å²) in [5.74, 6) is -12.8. The summed E-state index contributed by atoms with van der Waals surface area (Å²) in [4.78, 5) is 133. The number of aliphatic hydroxyl groups is 2. The first-order valence-corrected chi connectivity index (χ1v) is 31.4. The van der Waals surface area contributed by atoms with Crippen LogP contribution in [0.25, 0.3) is 4.85 Å². The van der Waals surface area contributed by atoms with E-state index in [2.05, 4.69) is 41.2 Å². The maximum absolute atomic E-state index is 12.9. The predicted molar refractivity (Wildman–Crippen MR) is 333 cm³/mol. The molecule has 0 aliphatic rings. The molecule has 0 aromatic carbocycles. The minimum absolute atomic E-state index is 0.00203. The maximum Gasteiger partial charge on any atom is 0.422 e. The molecule has 0 saturated heterocycles. The molecule has 0 heterocycles. The average molecular weight is 1530 g/mol. The zero-order valence-corrected chi connectivity index (χ0v) is 60.0. The van der Waals surface area contributed by atoms with Gasteiger partial charge in [0.25, 0.3) is 0 Å². The van der Waals surface area contributed by atoms with E-state index in [0.29, 0.717) is 6.42 Å². The summed E-state index contributed by atoms with van der Waals surface area (Å²) in [6.45, 7) is 19.9. The largest absolute Gasteiger partial charge is 0.481 e. The summed E-state index contributed by atoms with van der Waals surface area (Å²) >= 11 is 0. The fourth-order valence-corrected chi connectivity index (χ4v) is 8.21. The van der Waals surface area contributed by atoms with E-state index in [9.17, 15) is 116 Å². The van der Waals surface area contributed by atoms with E-state index >= 15 is 0 Å². The Bertz CT molecular complexity index is 2830. The second-order valence-electron chi connectivity index (χ2n) is 25.9. The van der Waals surface area contributed by atoms with Crippen molar-refractivity contribution in [1.82, 2.24) is 0 Å². The van der Waals surface area contributed by atoms with Gasteiger partial charge in [0.05, 0.1) is 58.8 Å². The molecule has 0 bridgehead atoms. The zero-order chi connectivity index (χ0) is 82.1. The fourth-order valence-electron chi connectivity index (χ4n) is 8.21. The van der Waals surface area contributed by atoms with Gasteiger partial charge in [0.1, 0.15) is 0 Å². The number of hydrogen-bond acceptors (Lipinski definition) is 25. The van der Waals surface area contributed by atoms with Gasteiger partial charge in [-0.2, -0.15) is 63.2 Å². The van der Waals surface area contributed by atoms with Crippen LogP contribution in [-0.2, 0) is 100 Å². The van der Waals surface area contributed by atoms with Gasteiger partial charge < -0.3 is 67.5 Å². The Balaban J connectivity index is -0.000000863. The summed E-state index contributed by atoms with van der Waals surface area (Å²) < 4.78 is 189. The number of carbonyl (C=O) groups is 11. The number of ether oxygens (including phenoxy) is 10. The summed E-state index contributed by atoms with van der Waals surface area (Å²) in [5, 5.41) is 43.9. The molecule has 596 valence electrons. The van der Waals surface area contributed by atoms with Crippen molar-refractivity contribution in [2.75, 3.05) is 79.3 Å². The molecule has 0 fully saturated rings. The van der Waals surface area contributed by atoms with Gasteiger partial charge >= 0.3 is 90.4 Å². The van der Waals surface area contributed by atoms with Gasteiger partial charge in [0, 0.05) is 57.8 Å². The molecule has 104 heavy (non-hydrogen) atoms. The topological polar surface area (TPSA) is 393 Å².